The number of rotatable bonds is 2. The Morgan fingerprint density at radius 3 is 2.50 bits per heavy atom. The highest BCUT2D eigenvalue weighted by atomic mass is 16.9. The van der Waals surface area contributed by atoms with Crippen molar-refractivity contribution in [2.75, 3.05) is 0 Å². The van der Waals surface area contributed by atoms with Crippen molar-refractivity contribution in [2.24, 2.45) is 7.05 Å². The van der Waals surface area contributed by atoms with E-state index >= 15 is 0 Å². The fourth-order valence-electron chi connectivity index (χ4n) is 0.920. The Balaban J connectivity index is 0.000000364. The van der Waals surface area contributed by atoms with Gasteiger partial charge in [0.25, 0.3) is 5.82 Å². The molecular weight excluding hydrogens is 190 g/mol. The molecule has 0 aromatic carbocycles. The predicted octanol–water partition coefficient (Wildman–Crippen LogP) is -0.477. The molecule has 0 aliphatic rings. The molecule has 7 heteroatoms. The second-order valence-electron chi connectivity index (χ2n) is 2.79. The fourth-order valence-corrected chi connectivity index (χ4v) is 0.920. The average Bonchev–Trinajstić information content (AvgIpc) is 2.34. The van der Waals surface area contributed by atoms with Crippen molar-refractivity contribution in [2.45, 2.75) is 19.4 Å². The van der Waals surface area contributed by atoms with Crippen molar-refractivity contribution >= 4 is 0 Å². The molecule has 1 atom stereocenters. The van der Waals surface area contributed by atoms with Crippen LogP contribution < -0.4 is 4.57 Å². The standard InChI is InChI=1S/C7H12N2O.NO3/c1-6(10)5-7-8-3-4-9(7)2;2-1(3)4/h3-4,6,10H,5H2,1-2H3;/q;-1/p+1. The summed E-state index contributed by atoms with van der Waals surface area (Å²) >= 11 is 0. The van der Waals surface area contributed by atoms with Gasteiger partial charge in [-0.25, -0.2) is 9.55 Å². The van der Waals surface area contributed by atoms with Crippen LogP contribution in [0.3, 0.4) is 0 Å². The van der Waals surface area contributed by atoms with E-state index in [0.717, 1.165) is 5.82 Å². The molecule has 0 aliphatic heterocycles. The van der Waals surface area contributed by atoms with Gasteiger partial charge in [0.15, 0.2) is 0 Å². The quantitative estimate of drug-likeness (QED) is 0.384. The molecule has 1 heterocycles. The Morgan fingerprint density at radius 1 is 1.71 bits per heavy atom. The van der Waals surface area contributed by atoms with Crippen LogP contribution in [-0.4, -0.2) is 21.3 Å². The molecule has 0 fully saturated rings. The predicted molar refractivity (Wildman–Crippen MR) is 47.7 cm³/mol. The van der Waals surface area contributed by atoms with Crippen LogP contribution in [0.15, 0.2) is 12.4 Å². The minimum Gasteiger partial charge on any atom is -0.393 e. The Morgan fingerprint density at radius 2 is 2.21 bits per heavy atom. The Kier molecular flexibility index (Phi) is 5.23. The monoisotopic (exact) mass is 203 g/mol. The minimum absolute atomic E-state index is 0.273. The molecule has 2 N–H and O–H groups in total. The van der Waals surface area contributed by atoms with E-state index in [9.17, 15) is 0 Å². The van der Waals surface area contributed by atoms with E-state index in [1.54, 1.807) is 6.92 Å². The van der Waals surface area contributed by atoms with Crippen LogP contribution in [0.1, 0.15) is 12.7 Å². The van der Waals surface area contributed by atoms with Crippen LogP contribution in [0.4, 0.5) is 0 Å². The number of aliphatic hydroxyl groups excluding tert-OH is 1. The number of aromatic amines is 1. The molecule has 1 unspecified atom stereocenters. The van der Waals surface area contributed by atoms with E-state index in [0.29, 0.717) is 6.42 Å². The van der Waals surface area contributed by atoms with Crippen LogP contribution in [-0.2, 0) is 13.5 Å². The van der Waals surface area contributed by atoms with Crippen molar-refractivity contribution in [3.05, 3.63) is 33.5 Å². The Hall–Kier alpha value is -1.63. The summed E-state index contributed by atoms with van der Waals surface area (Å²) in [6.07, 6.45) is 4.20. The lowest BCUT2D eigenvalue weighted by Crippen LogP contribution is -2.32. The highest BCUT2D eigenvalue weighted by Gasteiger charge is 2.08. The van der Waals surface area contributed by atoms with E-state index in [1.165, 1.54) is 0 Å². The molecule has 0 bridgehead atoms. The lowest BCUT2D eigenvalue weighted by atomic mass is 10.3. The number of aromatic nitrogens is 2. The Bertz CT molecular complexity index is 280. The van der Waals surface area contributed by atoms with Gasteiger partial charge < -0.3 is 20.4 Å². The molecule has 80 valence electrons. The molecule has 7 nitrogen and oxygen atoms in total. The first-order valence-corrected chi connectivity index (χ1v) is 3.95. The second-order valence-corrected chi connectivity index (χ2v) is 2.79. The summed E-state index contributed by atoms with van der Waals surface area (Å²) in [6.45, 7) is 1.78. The van der Waals surface area contributed by atoms with Crippen LogP contribution in [0.25, 0.3) is 0 Å². The molecule has 1 aromatic heterocycles. The molecule has 1 rings (SSSR count). The van der Waals surface area contributed by atoms with Gasteiger partial charge in [-0.3, -0.25) is 0 Å². The number of nitrogens with zero attached hydrogens (tertiary/aromatic N) is 2. The number of hydrogen-bond donors (Lipinski definition) is 2. The fraction of sp³-hybridized carbons (Fsp3) is 0.571. The lowest BCUT2D eigenvalue weighted by Gasteiger charge is -1.97. The number of H-pyrrole nitrogens is 1. The number of imidazole rings is 1. The normalized spacial score (nSPS) is 11.4. The SMILES string of the molecule is CC(O)Cc1[nH]cc[n+]1C.O=[N+]([O-])[O-]. The highest BCUT2D eigenvalue weighted by molar-refractivity contribution is 4.78. The topological polar surface area (TPSA) is 106 Å². The van der Waals surface area contributed by atoms with E-state index in [2.05, 4.69) is 4.98 Å². The molecule has 0 spiro atoms. The first-order chi connectivity index (χ1) is 6.43. The van der Waals surface area contributed by atoms with Gasteiger partial charge in [0.1, 0.15) is 12.4 Å². The van der Waals surface area contributed by atoms with Gasteiger partial charge in [-0.15, -0.1) is 0 Å². The molecular formula is C7H13N3O4. The third-order valence-electron chi connectivity index (χ3n) is 1.46. The van der Waals surface area contributed by atoms with Gasteiger partial charge >= 0.3 is 0 Å². The summed E-state index contributed by atoms with van der Waals surface area (Å²) in [7, 11) is 1.95. The average molecular weight is 203 g/mol. The zero-order chi connectivity index (χ0) is 11.1. The third kappa shape index (κ3) is 5.95. The summed E-state index contributed by atoms with van der Waals surface area (Å²) in [4.78, 5) is 11.3. The smallest absolute Gasteiger partial charge is 0.256 e. The van der Waals surface area contributed by atoms with Crippen LogP contribution >= 0.6 is 0 Å². The molecule has 0 radical (unpaired) electrons. The van der Waals surface area contributed by atoms with Crippen LogP contribution in [0.2, 0.25) is 0 Å². The summed E-state index contributed by atoms with van der Waals surface area (Å²) in [5, 5.41) is 23.8. The van der Waals surface area contributed by atoms with Gasteiger partial charge in [0.2, 0.25) is 0 Å². The molecule has 0 saturated heterocycles. The summed E-state index contributed by atoms with van der Waals surface area (Å²) < 4.78 is 1.96. The zero-order valence-electron chi connectivity index (χ0n) is 8.01. The number of aliphatic hydroxyl groups is 1. The van der Waals surface area contributed by atoms with E-state index in [-0.39, 0.29) is 6.10 Å². The number of hydrogen-bond acceptors (Lipinski definition) is 4. The maximum absolute atomic E-state index is 9.02. The van der Waals surface area contributed by atoms with Gasteiger partial charge in [-0.05, 0) is 6.92 Å². The molecule has 14 heavy (non-hydrogen) atoms. The Labute approximate surface area is 80.7 Å². The minimum atomic E-state index is -1.75. The van der Waals surface area contributed by atoms with Gasteiger partial charge in [0, 0.05) is 0 Å². The van der Waals surface area contributed by atoms with Gasteiger partial charge in [0.05, 0.1) is 24.7 Å². The van der Waals surface area contributed by atoms with E-state index in [1.807, 2.05) is 24.0 Å². The van der Waals surface area contributed by atoms with E-state index < -0.39 is 5.09 Å². The van der Waals surface area contributed by atoms with Crippen LogP contribution in [0, 0.1) is 15.3 Å². The molecule has 0 amide bonds. The summed E-state index contributed by atoms with van der Waals surface area (Å²) in [5.41, 5.74) is 0. The first-order valence-electron chi connectivity index (χ1n) is 3.95. The number of aryl methyl sites for hydroxylation is 1. The molecule has 1 aromatic rings. The van der Waals surface area contributed by atoms with Crippen molar-refractivity contribution in [1.82, 2.24) is 4.98 Å². The van der Waals surface area contributed by atoms with Crippen molar-refractivity contribution in [3.63, 3.8) is 0 Å². The summed E-state index contributed by atoms with van der Waals surface area (Å²) in [5.74, 6) is 1.05. The molecule has 0 saturated carbocycles. The maximum Gasteiger partial charge on any atom is 0.256 e. The first kappa shape index (κ1) is 12.4. The van der Waals surface area contributed by atoms with Gasteiger partial charge in [-0.1, -0.05) is 0 Å². The van der Waals surface area contributed by atoms with Gasteiger partial charge in [-0.2, -0.15) is 0 Å². The zero-order valence-corrected chi connectivity index (χ0v) is 8.01. The highest BCUT2D eigenvalue weighted by Crippen LogP contribution is 1.91. The number of nitrogens with one attached hydrogen (secondary N) is 1. The van der Waals surface area contributed by atoms with Crippen LogP contribution in [0.5, 0.6) is 0 Å². The lowest BCUT2D eigenvalue weighted by molar-refractivity contribution is -0.678. The summed E-state index contributed by atoms with van der Waals surface area (Å²) in [6, 6.07) is 0. The molecule has 0 aliphatic carbocycles. The third-order valence-corrected chi connectivity index (χ3v) is 1.46. The van der Waals surface area contributed by atoms with Crippen molar-refractivity contribution in [1.29, 1.82) is 0 Å². The van der Waals surface area contributed by atoms with Crippen molar-refractivity contribution < 1.29 is 14.8 Å². The maximum atomic E-state index is 9.02. The largest absolute Gasteiger partial charge is 0.393 e. The van der Waals surface area contributed by atoms with E-state index in [4.69, 9.17) is 20.4 Å². The second kappa shape index (κ2) is 5.92. The van der Waals surface area contributed by atoms with Crippen molar-refractivity contribution in [3.8, 4) is 0 Å².